The monoisotopic (exact) mass is 401 g/mol. The van der Waals surface area contributed by atoms with Crippen LogP contribution in [0, 0.1) is 0 Å². The van der Waals surface area contributed by atoms with E-state index in [1.807, 2.05) is 36.4 Å². The van der Waals surface area contributed by atoms with E-state index in [1.165, 1.54) is 11.1 Å². The maximum absolute atomic E-state index is 12.1. The number of hydrogen-bond acceptors (Lipinski definition) is 4. The summed E-state index contributed by atoms with van der Waals surface area (Å²) in [6.07, 6.45) is 4.58. The second-order valence-corrected chi connectivity index (χ2v) is 7.46. The van der Waals surface area contributed by atoms with Gasteiger partial charge in [-0.15, -0.1) is 0 Å². The number of carbonyl (C=O) groups is 1. The van der Waals surface area contributed by atoms with E-state index in [9.17, 15) is 4.79 Å². The second kappa shape index (κ2) is 9.89. The number of nitrogens with zero attached hydrogens (tertiary/aromatic N) is 2. The number of aromatic nitrogens is 1. The number of carbonyl (C=O) groups excluding carboxylic acids is 1. The van der Waals surface area contributed by atoms with Crippen molar-refractivity contribution >= 4 is 17.4 Å². The van der Waals surface area contributed by atoms with Gasteiger partial charge in [-0.05, 0) is 47.4 Å². The minimum Gasteiger partial charge on any atom is -0.355 e. The Kier molecular flexibility index (Phi) is 6.57. The molecule has 0 saturated heterocycles. The molecule has 0 bridgehead atoms. The molecule has 0 aliphatic carbocycles. The highest BCUT2D eigenvalue weighted by molar-refractivity contribution is 5.73. The number of rotatable bonds is 7. The summed E-state index contributed by atoms with van der Waals surface area (Å²) in [6.45, 7) is 4.00. The van der Waals surface area contributed by atoms with Crippen molar-refractivity contribution in [1.82, 2.24) is 20.5 Å². The van der Waals surface area contributed by atoms with Crippen molar-refractivity contribution in [2.75, 3.05) is 25.0 Å². The summed E-state index contributed by atoms with van der Waals surface area (Å²) >= 11 is 0. The molecule has 0 saturated carbocycles. The van der Waals surface area contributed by atoms with Crippen LogP contribution in [0.15, 0.2) is 73.1 Å². The Morgan fingerprint density at radius 2 is 1.63 bits per heavy atom. The van der Waals surface area contributed by atoms with Gasteiger partial charge in [-0.3, -0.25) is 9.88 Å². The van der Waals surface area contributed by atoms with Crippen LogP contribution >= 0.6 is 0 Å². The predicted octanol–water partition coefficient (Wildman–Crippen LogP) is 3.68. The molecule has 0 fully saturated rings. The first kappa shape index (κ1) is 19.9. The molecule has 0 radical (unpaired) electrons. The Bertz CT molecular complexity index is 959. The molecule has 1 aromatic heterocycles. The second-order valence-electron chi connectivity index (χ2n) is 7.46. The molecule has 6 nitrogen and oxygen atoms in total. The molecule has 1 aliphatic rings. The van der Waals surface area contributed by atoms with Crippen molar-refractivity contribution in [3.8, 4) is 0 Å². The highest BCUT2D eigenvalue weighted by Crippen LogP contribution is 2.18. The van der Waals surface area contributed by atoms with Crippen LogP contribution in [0.5, 0.6) is 0 Å². The molecule has 154 valence electrons. The lowest BCUT2D eigenvalue weighted by Gasteiger charge is -2.28. The van der Waals surface area contributed by atoms with Crippen molar-refractivity contribution in [2.24, 2.45) is 0 Å². The minimum atomic E-state index is -0.133. The number of anilines is 2. The summed E-state index contributed by atoms with van der Waals surface area (Å²) in [5, 5.41) is 9.20. The fraction of sp³-hybridized carbons (Fsp3) is 0.250. The number of nitrogens with one attached hydrogen (secondary N) is 3. The van der Waals surface area contributed by atoms with E-state index in [1.54, 1.807) is 12.4 Å². The number of amides is 2. The van der Waals surface area contributed by atoms with E-state index in [-0.39, 0.29) is 6.03 Å². The number of pyridine rings is 1. The molecule has 30 heavy (non-hydrogen) atoms. The van der Waals surface area contributed by atoms with Gasteiger partial charge in [-0.2, -0.15) is 0 Å². The van der Waals surface area contributed by atoms with E-state index in [2.05, 4.69) is 50.1 Å². The molecular formula is C24H27N5O. The van der Waals surface area contributed by atoms with Gasteiger partial charge in [-0.1, -0.05) is 36.4 Å². The van der Waals surface area contributed by atoms with Gasteiger partial charge in [0.15, 0.2) is 0 Å². The summed E-state index contributed by atoms with van der Waals surface area (Å²) < 4.78 is 0. The highest BCUT2D eigenvalue weighted by atomic mass is 16.2. The van der Waals surface area contributed by atoms with Crippen LogP contribution in [0.25, 0.3) is 0 Å². The number of benzene rings is 2. The van der Waals surface area contributed by atoms with E-state index in [4.69, 9.17) is 0 Å². The average molecular weight is 402 g/mol. The Labute approximate surface area is 177 Å². The van der Waals surface area contributed by atoms with E-state index in [0.717, 1.165) is 43.0 Å². The maximum Gasteiger partial charge on any atom is 0.315 e. The number of urea groups is 1. The van der Waals surface area contributed by atoms with Crippen molar-refractivity contribution in [1.29, 1.82) is 0 Å². The summed E-state index contributed by atoms with van der Waals surface area (Å²) in [5.41, 5.74) is 5.89. The van der Waals surface area contributed by atoms with Gasteiger partial charge in [0.05, 0.1) is 0 Å². The lowest BCUT2D eigenvalue weighted by atomic mass is 10.00. The highest BCUT2D eigenvalue weighted by Gasteiger charge is 2.15. The van der Waals surface area contributed by atoms with Gasteiger partial charge in [0.25, 0.3) is 0 Å². The van der Waals surface area contributed by atoms with Crippen LogP contribution in [0.3, 0.4) is 0 Å². The molecule has 2 aromatic carbocycles. The first-order chi connectivity index (χ1) is 14.8. The Morgan fingerprint density at radius 1 is 0.900 bits per heavy atom. The predicted molar refractivity (Wildman–Crippen MR) is 120 cm³/mol. The van der Waals surface area contributed by atoms with Gasteiger partial charge in [-0.25, -0.2) is 4.79 Å². The first-order valence-corrected chi connectivity index (χ1v) is 10.3. The van der Waals surface area contributed by atoms with Crippen LogP contribution in [-0.4, -0.2) is 35.5 Å². The number of hydrogen-bond donors (Lipinski definition) is 3. The van der Waals surface area contributed by atoms with Gasteiger partial charge in [0.2, 0.25) is 0 Å². The van der Waals surface area contributed by atoms with Gasteiger partial charge in [0, 0.05) is 56.5 Å². The fourth-order valence-electron chi connectivity index (χ4n) is 3.63. The SMILES string of the molecule is O=C(NCCN1CCc2ccccc2C1)NCc1ccc(Nc2ccncc2)cc1. The normalized spacial score (nSPS) is 13.3. The summed E-state index contributed by atoms with van der Waals surface area (Å²) in [4.78, 5) is 18.5. The fourth-order valence-corrected chi connectivity index (χ4v) is 3.63. The zero-order valence-corrected chi connectivity index (χ0v) is 17.0. The molecule has 6 heteroatoms. The molecule has 0 spiro atoms. The van der Waals surface area contributed by atoms with Crippen LogP contribution in [-0.2, 0) is 19.5 Å². The van der Waals surface area contributed by atoms with Crippen LogP contribution in [0.2, 0.25) is 0 Å². The van der Waals surface area contributed by atoms with Crippen molar-refractivity contribution < 1.29 is 4.79 Å². The first-order valence-electron chi connectivity index (χ1n) is 10.3. The quantitative estimate of drug-likeness (QED) is 0.565. The third-order valence-electron chi connectivity index (χ3n) is 5.30. The summed E-state index contributed by atoms with van der Waals surface area (Å²) in [5.74, 6) is 0. The Morgan fingerprint density at radius 3 is 2.43 bits per heavy atom. The third-order valence-corrected chi connectivity index (χ3v) is 5.30. The molecule has 3 N–H and O–H groups in total. The molecule has 0 unspecified atom stereocenters. The van der Waals surface area contributed by atoms with E-state index in [0.29, 0.717) is 13.1 Å². The molecule has 1 aliphatic heterocycles. The largest absolute Gasteiger partial charge is 0.355 e. The van der Waals surface area contributed by atoms with Crippen LogP contribution in [0.1, 0.15) is 16.7 Å². The van der Waals surface area contributed by atoms with Crippen molar-refractivity contribution in [2.45, 2.75) is 19.5 Å². The van der Waals surface area contributed by atoms with Crippen LogP contribution < -0.4 is 16.0 Å². The van der Waals surface area contributed by atoms with E-state index < -0.39 is 0 Å². The molecule has 2 amide bonds. The van der Waals surface area contributed by atoms with Gasteiger partial charge in [0.1, 0.15) is 0 Å². The van der Waals surface area contributed by atoms with E-state index >= 15 is 0 Å². The zero-order valence-electron chi connectivity index (χ0n) is 17.0. The standard InChI is InChI=1S/C24H27N5O/c30-24(26-14-16-29-15-11-20-3-1-2-4-21(20)18-29)27-17-19-5-7-22(8-6-19)28-23-9-12-25-13-10-23/h1-10,12-13H,11,14-18H2,(H,25,28)(H2,26,27,30). The zero-order chi connectivity index (χ0) is 20.6. The van der Waals surface area contributed by atoms with Crippen molar-refractivity contribution in [3.05, 3.63) is 89.7 Å². The Hall–Kier alpha value is -3.38. The summed E-state index contributed by atoms with van der Waals surface area (Å²) in [7, 11) is 0. The summed E-state index contributed by atoms with van der Waals surface area (Å²) in [6, 6.07) is 20.3. The smallest absolute Gasteiger partial charge is 0.315 e. The molecule has 2 heterocycles. The van der Waals surface area contributed by atoms with Gasteiger partial charge >= 0.3 is 6.03 Å². The molecule has 0 atom stereocenters. The maximum atomic E-state index is 12.1. The molecule has 4 rings (SSSR count). The van der Waals surface area contributed by atoms with Crippen LogP contribution in [0.4, 0.5) is 16.2 Å². The minimum absolute atomic E-state index is 0.133. The molecule has 3 aromatic rings. The third kappa shape index (κ3) is 5.58. The lowest BCUT2D eigenvalue weighted by molar-refractivity contribution is 0.230. The average Bonchev–Trinajstić information content (AvgIpc) is 2.79. The van der Waals surface area contributed by atoms with Crippen molar-refractivity contribution in [3.63, 3.8) is 0 Å². The topological polar surface area (TPSA) is 69.3 Å². The molecular weight excluding hydrogens is 374 g/mol. The number of fused-ring (bicyclic) bond motifs is 1. The Balaban J connectivity index is 1.15. The van der Waals surface area contributed by atoms with Gasteiger partial charge < -0.3 is 16.0 Å². The lowest BCUT2D eigenvalue weighted by Crippen LogP contribution is -2.41.